The predicted molar refractivity (Wildman–Crippen MR) is 57.3 cm³/mol. The standard InChI is InChI=1S/C12H18O2/c1-9(2)7-11(13)8-10-5-3-4-6-12(10)14/h3-6,9,11,13-14H,7-8H2,1-2H3. The van der Waals surface area contributed by atoms with E-state index in [1.54, 1.807) is 12.1 Å². The molecule has 2 nitrogen and oxygen atoms in total. The van der Waals surface area contributed by atoms with Gasteiger partial charge in [-0.05, 0) is 24.0 Å². The highest BCUT2D eigenvalue weighted by Crippen LogP contribution is 2.19. The summed E-state index contributed by atoms with van der Waals surface area (Å²) in [4.78, 5) is 0. The van der Waals surface area contributed by atoms with E-state index in [0.717, 1.165) is 12.0 Å². The Labute approximate surface area is 85.2 Å². The molecule has 0 aromatic heterocycles. The fourth-order valence-corrected chi connectivity index (χ4v) is 1.56. The molecule has 1 unspecified atom stereocenters. The lowest BCUT2D eigenvalue weighted by molar-refractivity contribution is 0.148. The van der Waals surface area contributed by atoms with Crippen molar-refractivity contribution in [3.63, 3.8) is 0 Å². The molecule has 0 spiro atoms. The lowest BCUT2D eigenvalue weighted by atomic mass is 9.99. The van der Waals surface area contributed by atoms with Crippen LogP contribution in [-0.4, -0.2) is 16.3 Å². The molecule has 2 N–H and O–H groups in total. The molecule has 1 rings (SSSR count). The molecule has 1 atom stereocenters. The summed E-state index contributed by atoms with van der Waals surface area (Å²) in [6, 6.07) is 7.15. The van der Waals surface area contributed by atoms with Gasteiger partial charge >= 0.3 is 0 Å². The molecule has 0 aliphatic carbocycles. The number of hydrogen-bond donors (Lipinski definition) is 2. The van der Waals surface area contributed by atoms with Gasteiger partial charge in [0.2, 0.25) is 0 Å². The second-order valence-electron chi connectivity index (χ2n) is 4.12. The summed E-state index contributed by atoms with van der Waals surface area (Å²) in [5.41, 5.74) is 0.820. The third-order valence-electron chi connectivity index (χ3n) is 2.19. The Kier molecular flexibility index (Phi) is 3.96. The van der Waals surface area contributed by atoms with Crippen molar-refractivity contribution in [2.24, 2.45) is 5.92 Å². The molecule has 0 bridgehead atoms. The number of para-hydroxylation sites is 1. The zero-order valence-electron chi connectivity index (χ0n) is 8.77. The summed E-state index contributed by atoms with van der Waals surface area (Å²) in [5, 5.41) is 19.2. The molecular weight excluding hydrogens is 176 g/mol. The first-order valence-corrected chi connectivity index (χ1v) is 5.04. The topological polar surface area (TPSA) is 40.5 Å². The van der Waals surface area contributed by atoms with Crippen LogP contribution in [0.4, 0.5) is 0 Å². The smallest absolute Gasteiger partial charge is 0.118 e. The second-order valence-corrected chi connectivity index (χ2v) is 4.12. The molecule has 0 aliphatic rings. The summed E-state index contributed by atoms with van der Waals surface area (Å²) in [5.74, 6) is 0.756. The van der Waals surface area contributed by atoms with E-state index < -0.39 is 0 Å². The minimum absolute atomic E-state index is 0.273. The predicted octanol–water partition coefficient (Wildman–Crippen LogP) is 2.34. The molecule has 1 aromatic carbocycles. The highest BCUT2D eigenvalue weighted by atomic mass is 16.3. The van der Waals surface area contributed by atoms with Gasteiger partial charge in [-0.1, -0.05) is 32.0 Å². The maximum atomic E-state index is 9.69. The fraction of sp³-hybridized carbons (Fsp3) is 0.500. The van der Waals surface area contributed by atoms with Crippen LogP contribution in [0, 0.1) is 5.92 Å². The number of phenols is 1. The lowest BCUT2D eigenvalue weighted by Crippen LogP contribution is -2.13. The lowest BCUT2D eigenvalue weighted by Gasteiger charge is -2.13. The van der Waals surface area contributed by atoms with Crippen molar-refractivity contribution in [1.82, 2.24) is 0 Å². The molecule has 78 valence electrons. The van der Waals surface area contributed by atoms with Gasteiger partial charge in [0.15, 0.2) is 0 Å². The first kappa shape index (κ1) is 11.1. The van der Waals surface area contributed by atoms with E-state index >= 15 is 0 Å². The maximum absolute atomic E-state index is 9.69. The third-order valence-corrected chi connectivity index (χ3v) is 2.19. The van der Waals surface area contributed by atoms with Crippen LogP contribution in [0.25, 0.3) is 0 Å². The normalized spacial score (nSPS) is 13.1. The maximum Gasteiger partial charge on any atom is 0.118 e. The van der Waals surface area contributed by atoms with Gasteiger partial charge in [-0.2, -0.15) is 0 Å². The Hall–Kier alpha value is -1.02. The number of aromatic hydroxyl groups is 1. The van der Waals surface area contributed by atoms with Crippen molar-refractivity contribution in [2.45, 2.75) is 32.8 Å². The summed E-state index contributed by atoms with van der Waals surface area (Å²) >= 11 is 0. The van der Waals surface area contributed by atoms with Crippen LogP contribution in [-0.2, 0) is 6.42 Å². The van der Waals surface area contributed by atoms with E-state index in [4.69, 9.17) is 0 Å². The quantitative estimate of drug-likeness (QED) is 0.772. The van der Waals surface area contributed by atoms with Crippen molar-refractivity contribution in [3.8, 4) is 5.75 Å². The SMILES string of the molecule is CC(C)CC(O)Cc1ccccc1O. The summed E-state index contributed by atoms with van der Waals surface area (Å²) in [7, 11) is 0. The molecule has 0 fully saturated rings. The first-order chi connectivity index (χ1) is 6.59. The average Bonchev–Trinajstić information content (AvgIpc) is 2.07. The van der Waals surface area contributed by atoms with Gasteiger partial charge in [0.1, 0.15) is 5.75 Å². The Morgan fingerprint density at radius 1 is 1.21 bits per heavy atom. The van der Waals surface area contributed by atoms with Gasteiger partial charge in [-0.25, -0.2) is 0 Å². The van der Waals surface area contributed by atoms with Crippen molar-refractivity contribution < 1.29 is 10.2 Å². The van der Waals surface area contributed by atoms with E-state index in [1.165, 1.54) is 0 Å². The molecule has 0 radical (unpaired) electrons. The average molecular weight is 194 g/mol. The number of aliphatic hydroxyl groups excluding tert-OH is 1. The van der Waals surface area contributed by atoms with E-state index in [0.29, 0.717) is 12.3 Å². The van der Waals surface area contributed by atoms with Gasteiger partial charge in [-0.15, -0.1) is 0 Å². The van der Waals surface area contributed by atoms with Gasteiger partial charge in [0.25, 0.3) is 0 Å². The van der Waals surface area contributed by atoms with E-state index in [-0.39, 0.29) is 11.9 Å². The van der Waals surface area contributed by atoms with Crippen LogP contribution in [0.3, 0.4) is 0 Å². The third kappa shape index (κ3) is 3.38. The van der Waals surface area contributed by atoms with E-state index in [9.17, 15) is 10.2 Å². The number of aliphatic hydroxyl groups is 1. The Morgan fingerprint density at radius 3 is 2.43 bits per heavy atom. The zero-order chi connectivity index (χ0) is 10.6. The molecule has 0 aliphatic heterocycles. The summed E-state index contributed by atoms with van der Waals surface area (Å²) < 4.78 is 0. The number of hydrogen-bond acceptors (Lipinski definition) is 2. The molecule has 0 saturated carbocycles. The highest BCUT2D eigenvalue weighted by Gasteiger charge is 2.09. The largest absolute Gasteiger partial charge is 0.508 e. The summed E-state index contributed by atoms with van der Waals surface area (Å²) in [6.45, 7) is 4.15. The molecule has 2 heteroatoms. The Bertz CT molecular complexity index is 281. The van der Waals surface area contributed by atoms with Crippen molar-refractivity contribution in [1.29, 1.82) is 0 Å². The van der Waals surface area contributed by atoms with Gasteiger partial charge < -0.3 is 10.2 Å². The van der Waals surface area contributed by atoms with Crippen molar-refractivity contribution >= 4 is 0 Å². The molecule has 14 heavy (non-hydrogen) atoms. The molecule has 0 heterocycles. The molecular formula is C12H18O2. The van der Waals surface area contributed by atoms with Crippen molar-refractivity contribution in [3.05, 3.63) is 29.8 Å². The Morgan fingerprint density at radius 2 is 1.86 bits per heavy atom. The van der Waals surface area contributed by atoms with Gasteiger partial charge in [0, 0.05) is 6.42 Å². The molecule has 1 aromatic rings. The van der Waals surface area contributed by atoms with E-state index in [2.05, 4.69) is 13.8 Å². The summed E-state index contributed by atoms with van der Waals surface area (Å²) in [6.07, 6.45) is 0.947. The Balaban J connectivity index is 2.56. The number of phenolic OH excluding ortho intramolecular Hbond substituents is 1. The molecule has 0 amide bonds. The van der Waals surface area contributed by atoms with Crippen LogP contribution in [0.2, 0.25) is 0 Å². The monoisotopic (exact) mass is 194 g/mol. The highest BCUT2D eigenvalue weighted by molar-refractivity contribution is 5.32. The molecule has 0 saturated heterocycles. The van der Waals surface area contributed by atoms with Crippen LogP contribution in [0.15, 0.2) is 24.3 Å². The van der Waals surface area contributed by atoms with Crippen molar-refractivity contribution in [2.75, 3.05) is 0 Å². The van der Waals surface area contributed by atoms with Crippen LogP contribution in [0.1, 0.15) is 25.8 Å². The number of benzene rings is 1. The van der Waals surface area contributed by atoms with Crippen LogP contribution in [0.5, 0.6) is 5.75 Å². The van der Waals surface area contributed by atoms with Crippen LogP contribution >= 0.6 is 0 Å². The van der Waals surface area contributed by atoms with E-state index in [1.807, 2.05) is 12.1 Å². The zero-order valence-corrected chi connectivity index (χ0v) is 8.77. The minimum Gasteiger partial charge on any atom is -0.508 e. The minimum atomic E-state index is -0.358. The second kappa shape index (κ2) is 5.01. The fourth-order valence-electron chi connectivity index (χ4n) is 1.56. The van der Waals surface area contributed by atoms with Crippen LogP contribution < -0.4 is 0 Å². The van der Waals surface area contributed by atoms with Gasteiger partial charge in [-0.3, -0.25) is 0 Å². The first-order valence-electron chi connectivity index (χ1n) is 5.04. The van der Waals surface area contributed by atoms with Gasteiger partial charge in [0.05, 0.1) is 6.10 Å². The number of rotatable bonds is 4.